The highest BCUT2D eigenvalue weighted by atomic mass is 16.5. The van der Waals surface area contributed by atoms with Gasteiger partial charge in [-0.25, -0.2) is 9.97 Å². The van der Waals surface area contributed by atoms with Gasteiger partial charge < -0.3 is 4.52 Å². The fraction of sp³-hybridized carbons (Fsp3) is 0.0750. The summed E-state index contributed by atoms with van der Waals surface area (Å²) in [6, 6.07) is 51.9. The van der Waals surface area contributed by atoms with Crippen molar-refractivity contribution in [3.8, 4) is 22.5 Å². The Morgan fingerprint density at radius 1 is 0.489 bits per heavy atom. The monoisotopic (exact) mass is 584 g/mol. The molecule has 0 fully saturated rings. The third kappa shape index (κ3) is 6.29. The van der Waals surface area contributed by atoms with Gasteiger partial charge in [-0.3, -0.25) is 4.90 Å². The molecule has 5 heteroatoms. The van der Waals surface area contributed by atoms with Crippen LogP contribution in [0.15, 0.2) is 156 Å². The second kappa shape index (κ2) is 12.8. The van der Waals surface area contributed by atoms with Crippen LogP contribution in [0.5, 0.6) is 0 Å². The normalized spacial score (nSPS) is 11.0. The summed E-state index contributed by atoms with van der Waals surface area (Å²) in [7, 11) is 0. The molecule has 0 spiro atoms. The predicted molar refractivity (Wildman–Crippen MR) is 181 cm³/mol. The number of nitrogens with zero attached hydrogens (tertiary/aromatic N) is 4. The molecule has 0 aliphatic carbocycles. The molecule has 218 valence electrons. The molecule has 7 aromatic rings. The summed E-state index contributed by atoms with van der Waals surface area (Å²) in [6.45, 7) is 1.97. The maximum absolute atomic E-state index is 6.06. The van der Waals surface area contributed by atoms with Crippen molar-refractivity contribution in [3.63, 3.8) is 0 Å². The lowest BCUT2D eigenvalue weighted by Gasteiger charge is -2.24. The second-order valence-electron chi connectivity index (χ2n) is 11.0. The van der Waals surface area contributed by atoms with Gasteiger partial charge in [0, 0.05) is 29.8 Å². The molecule has 3 aromatic heterocycles. The summed E-state index contributed by atoms with van der Waals surface area (Å²) in [5.74, 6) is 2.17. The van der Waals surface area contributed by atoms with E-state index in [9.17, 15) is 0 Å². The van der Waals surface area contributed by atoms with Crippen LogP contribution >= 0.6 is 0 Å². The smallest absolute Gasteiger partial charge is 0.191 e. The van der Waals surface area contributed by atoms with Crippen LogP contribution in [-0.2, 0) is 12.8 Å². The van der Waals surface area contributed by atoms with E-state index in [-0.39, 0.29) is 0 Å². The molecule has 0 saturated carbocycles. The van der Waals surface area contributed by atoms with Gasteiger partial charge in [0.2, 0.25) is 0 Å². The summed E-state index contributed by atoms with van der Waals surface area (Å²) in [6.07, 6.45) is 1.45. The molecule has 0 N–H and O–H groups in total. The molecule has 0 unspecified atom stereocenters. The molecule has 4 aromatic carbocycles. The number of aromatic nitrogens is 3. The van der Waals surface area contributed by atoms with Gasteiger partial charge in [0.25, 0.3) is 0 Å². The SMILES string of the molecule is Cc1noc(-c2ccc(-c3ccccc3)cc2)c1N(c1cccc(Cc2ccccc2)n1)c1cccc(Cc2ccccc2)n1. The fourth-order valence-electron chi connectivity index (χ4n) is 5.60. The highest BCUT2D eigenvalue weighted by Crippen LogP contribution is 2.42. The summed E-state index contributed by atoms with van der Waals surface area (Å²) in [5, 5.41) is 4.45. The van der Waals surface area contributed by atoms with Gasteiger partial charge in [-0.05, 0) is 53.4 Å². The second-order valence-corrected chi connectivity index (χ2v) is 11.0. The van der Waals surface area contributed by atoms with Crippen molar-refractivity contribution in [2.24, 2.45) is 0 Å². The van der Waals surface area contributed by atoms with E-state index in [1.54, 1.807) is 0 Å². The van der Waals surface area contributed by atoms with Gasteiger partial charge in [0.05, 0.1) is 0 Å². The molecular formula is C40H32N4O. The van der Waals surface area contributed by atoms with Gasteiger partial charge in [0.15, 0.2) is 5.76 Å². The minimum absolute atomic E-state index is 0.664. The molecule has 0 atom stereocenters. The van der Waals surface area contributed by atoms with Crippen LogP contribution in [0.1, 0.15) is 28.2 Å². The minimum atomic E-state index is 0.664. The first-order valence-electron chi connectivity index (χ1n) is 15.1. The van der Waals surface area contributed by atoms with E-state index in [4.69, 9.17) is 14.5 Å². The van der Waals surface area contributed by atoms with Gasteiger partial charge in [-0.1, -0.05) is 133 Å². The Kier molecular flexibility index (Phi) is 7.97. The summed E-state index contributed by atoms with van der Waals surface area (Å²) < 4.78 is 6.06. The Labute approximate surface area is 263 Å². The van der Waals surface area contributed by atoms with E-state index >= 15 is 0 Å². The van der Waals surface area contributed by atoms with Crippen molar-refractivity contribution in [2.45, 2.75) is 19.8 Å². The van der Waals surface area contributed by atoms with Crippen molar-refractivity contribution in [1.82, 2.24) is 15.1 Å². The van der Waals surface area contributed by atoms with Crippen LogP contribution < -0.4 is 4.90 Å². The molecule has 7 rings (SSSR count). The van der Waals surface area contributed by atoms with E-state index in [0.717, 1.165) is 58.4 Å². The quantitative estimate of drug-likeness (QED) is 0.169. The van der Waals surface area contributed by atoms with Crippen LogP contribution in [-0.4, -0.2) is 15.1 Å². The molecule has 3 heterocycles. The number of rotatable bonds is 9. The largest absolute Gasteiger partial charge is 0.354 e. The lowest BCUT2D eigenvalue weighted by Crippen LogP contribution is -2.16. The number of aryl methyl sites for hydroxylation is 1. The lowest BCUT2D eigenvalue weighted by atomic mass is 10.0. The minimum Gasteiger partial charge on any atom is -0.354 e. The Bertz CT molecular complexity index is 1920. The van der Waals surface area contributed by atoms with E-state index in [1.165, 1.54) is 16.7 Å². The van der Waals surface area contributed by atoms with Gasteiger partial charge >= 0.3 is 0 Å². The van der Waals surface area contributed by atoms with Crippen LogP contribution in [0.2, 0.25) is 0 Å². The standard InChI is InChI=1S/C40H32N4O/c1-29-39(40(45-43-29)34-25-23-33(24-26-34)32-17-9-4-10-18-32)44(37-21-11-19-35(41-37)27-30-13-5-2-6-14-30)38-22-12-20-36(42-38)28-31-15-7-3-8-16-31/h2-26H,27-28H2,1H3. The van der Waals surface area contributed by atoms with Crippen molar-refractivity contribution < 1.29 is 4.52 Å². The number of hydrogen-bond acceptors (Lipinski definition) is 5. The highest BCUT2D eigenvalue weighted by molar-refractivity contribution is 5.85. The van der Waals surface area contributed by atoms with Crippen LogP contribution in [0.25, 0.3) is 22.5 Å². The average molecular weight is 585 g/mol. The third-order valence-electron chi connectivity index (χ3n) is 7.81. The van der Waals surface area contributed by atoms with Crippen LogP contribution in [0.4, 0.5) is 17.3 Å². The number of pyridine rings is 2. The predicted octanol–water partition coefficient (Wildman–Crippen LogP) is 9.76. The fourth-order valence-corrected chi connectivity index (χ4v) is 5.60. The van der Waals surface area contributed by atoms with Crippen LogP contribution in [0.3, 0.4) is 0 Å². The van der Waals surface area contributed by atoms with Gasteiger partial charge in [-0.2, -0.15) is 0 Å². The summed E-state index contributed by atoms with van der Waals surface area (Å²) in [4.78, 5) is 12.4. The van der Waals surface area contributed by atoms with E-state index in [0.29, 0.717) is 5.76 Å². The third-order valence-corrected chi connectivity index (χ3v) is 7.81. The molecule has 0 radical (unpaired) electrons. The van der Waals surface area contributed by atoms with Crippen molar-refractivity contribution in [3.05, 3.63) is 180 Å². The topological polar surface area (TPSA) is 55.1 Å². The van der Waals surface area contributed by atoms with E-state index in [2.05, 4.69) is 131 Å². The van der Waals surface area contributed by atoms with Crippen molar-refractivity contribution in [2.75, 3.05) is 4.90 Å². The first kappa shape index (κ1) is 28.0. The van der Waals surface area contributed by atoms with Gasteiger partial charge in [0.1, 0.15) is 23.0 Å². The first-order chi connectivity index (χ1) is 22.2. The lowest BCUT2D eigenvalue weighted by molar-refractivity contribution is 0.427. The Morgan fingerprint density at radius 3 is 1.49 bits per heavy atom. The van der Waals surface area contributed by atoms with Crippen LogP contribution in [0, 0.1) is 6.92 Å². The molecule has 0 amide bonds. The number of hydrogen-bond donors (Lipinski definition) is 0. The maximum Gasteiger partial charge on any atom is 0.191 e. The van der Waals surface area contributed by atoms with Gasteiger partial charge in [-0.15, -0.1) is 0 Å². The zero-order valence-electron chi connectivity index (χ0n) is 25.0. The molecule has 0 saturated heterocycles. The molecule has 0 aliphatic heterocycles. The van der Waals surface area contributed by atoms with E-state index < -0.39 is 0 Å². The molecule has 0 aliphatic rings. The maximum atomic E-state index is 6.06. The van der Waals surface area contributed by atoms with E-state index in [1.807, 2.05) is 37.3 Å². The number of benzene rings is 4. The average Bonchev–Trinajstić information content (AvgIpc) is 3.47. The van der Waals surface area contributed by atoms with Crippen molar-refractivity contribution >= 4 is 17.3 Å². The zero-order chi connectivity index (χ0) is 30.4. The van der Waals surface area contributed by atoms with Crippen molar-refractivity contribution in [1.29, 1.82) is 0 Å². The Balaban J connectivity index is 1.32. The Hall–Kier alpha value is -5.81. The Morgan fingerprint density at radius 2 is 0.956 bits per heavy atom. The summed E-state index contributed by atoms with van der Waals surface area (Å²) >= 11 is 0. The molecule has 5 nitrogen and oxygen atoms in total. The summed E-state index contributed by atoms with van der Waals surface area (Å²) in [5.41, 5.74) is 9.14. The first-order valence-corrected chi connectivity index (χ1v) is 15.1. The molecule has 45 heavy (non-hydrogen) atoms. The zero-order valence-corrected chi connectivity index (χ0v) is 25.0. The number of anilines is 3. The molecular weight excluding hydrogens is 552 g/mol. The highest BCUT2D eigenvalue weighted by Gasteiger charge is 2.26. The molecule has 0 bridgehead atoms.